The van der Waals surface area contributed by atoms with Crippen molar-refractivity contribution in [3.05, 3.63) is 35.9 Å². The zero-order chi connectivity index (χ0) is 14.6. The van der Waals surface area contributed by atoms with Gasteiger partial charge < -0.3 is 9.47 Å². The molecule has 1 aromatic rings. The van der Waals surface area contributed by atoms with Crippen LogP contribution in [-0.2, 0) is 25.2 Å². The summed E-state index contributed by atoms with van der Waals surface area (Å²) >= 11 is 0. The van der Waals surface area contributed by atoms with Crippen LogP contribution in [0.25, 0.3) is 0 Å². The van der Waals surface area contributed by atoms with Crippen molar-refractivity contribution in [2.24, 2.45) is 0 Å². The lowest BCUT2D eigenvalue weighted by molar-refractivity contribution is -0.224. The molecule has 0 bridgehead atoms. The van der Waals surface area contributed by atoms with Gasteiger partial charge in [-0.3, -0.25) is 0 Å². The Balaban J connectivity index is 2.13. The van der Waals surface area contributed by atoms with Gasteiger partial charge in [0.1, 0.15) is 0 Å². The van der Waals surface area contributed by atoms with Gasteiger partial charge in [0.15, 0.2) is 5.79 Å². The van der Waals surface area contributed by atoms with Crippen LogP contribution in [0.1, 0.15) is 18.4 Å². The van der Waals surface area contributed by atoms with E-state index < -0.39 is 15.8 Å². The van der Waals surface area contributed by atoms with E-state index in [-0.39, 0.29) is 12.3 Å². The van der Waals surface area contributed by atoms with E-state index in [1.807, 2.05) is 30.3 Å². The third kappa shape index (κ3) is 3.38. The minimum Gasteiger partial charge on any atom is -0.352 e. The van der Waals surface area contributed by atoms with Crippen LogP contribution in [0.5, 0.6) is 0 Å². The van der Waals surface area contributed by atoms with E-state index in [1.165, 1.54) is 4.31 Å². The lowest BCUT2D eigenvalue weighted by Gasteiger charge is -2.39. The zero-order valence-electron chi connectivity index (χ0n) is 11.9. The Morgan fingerprint density at radius 1 is 1.20 bits per heavy atom. The zero-order valence-corrected chi connectivity index (χ0v) is 12.7. The van der Waals surface area contributed by atoms with Gasteiger partial charge in [0.05, 0.1) is 12.3 Å². The molecular formula is C14H21NO4S. The first-order valence-electron chi connectivity index (χ1n) is 6.63. The number of nitrogens with zero attached hydrogens (tertiary/aromatic N) is 1. The first-order chi connectivity index (χ1) is 9.51. The van der Waals surface area contributed by atoms with E-state index in [9.17, 15) is 8.42 Å². The van der Waals surface area contributed by atoms with E-state index in [0.717, 1.165) is 12.0 Å². The largest absolute Gasteiger partial charge is 0.352 e. The smallest absolute Gasteiger partial charge is 0.218 e. The molecule has 0 spiro atoms. The summed E-state index contributed by atoms with van der Waals surface area (Å²) in [6, 6.07) is 9.20. The third-order valence-electron chi connectivity index (χ3n) is 3.71. The van der Waals surface area contributed by atoms with E-state index in [2.05, 4.69) is 0 Å². The van der Waals surface area contributed by atoms with Crippen molar-refractivity contribution >= 4 is 10.0 Å². The maximum Gasteiger partial charge on any atom is 0.218 e. The topological polar surface area (TPSA) is 55.8 Å². The van der Waals surface area contributed by atoms with Gasteiger partial charge in [-0.15, -0.1) is 0 Å². The third-order valence-corrected chi connectivity index (χ3v) is 5.51. The molecule has 1 heterocycles. The van der Waals surface area contributed by atoms with E-state index in [4.69, 9.17) is 9.47 Å². The lowest BCUT2D eigenvalue weighted by atomic mass is 10.1. The standard InChI is InChI=1S/C14H21NO4S/c1-18-14(19-2)9-6-10-15(12-14)20(16,17)11-13-7-4-3-5-8-13/h3-5,7-8H,6,9-12H2,1-2H3. The summed E-state index contributed by atoms with van der Waals surface area (Å²) in [5.74, 6) is -0.806. The monoisotopic (exact) mass is 299 g/mol. The summed E-state index contributed by atoms with van der Waals surface area (Å²) < 4.78 is 37.2. The second-order valence-corrected chi connectivity index (χ2v) is 6.97. The molecule has 112 valence electrons. The van der Waals surface area contributed by atoms with Crippen molar-refractivity contribution in [2.45, 2.75) is 24.4 Å². The summed E-state index contributed by atoms with van der Waals surface area (Å²) in [6.07, 6.45) is 1.44. The van der Waals surface area contributed by atoms with Gasteiger partial charge in [0, 0.05) is 27.2 Å². The molecule has 0 radical (unpaired) electrons. The highest BCUT2D eigenvalue weighted by molar-refractivity contribution is 7.88. The van der Waals surface area contributed by atoms with Crippen molar-refractivity contribution in [2.75, 3.05) is 27.3 Å². The summed E-state index contributed by atoms with van der Waals surface area (Å²) in [5.41, 5.74) is 0.790. The fourth-order valence-corrected chi connectivity index (χ4v) is 4.08. The Bertz CT molecular complexity index is 525. The Labute approximate surface area is 120 Å². The number of methoxy groups -OCH3 is 2. The molecule has 0 atom stereocenters. The minimum absolute atomic E-state index is 0.0113. The lowest BCUT2D eigenvalue weighted by Crippen LogP contribution is -2.52. The van der Waals surface area contributed by atoms with Crippen LogP contribution in [0.4, 0.5) is 0 Å². The van der Waals surface area contributed by atoms with E-state index >= 15 is 0 Å². The van der Waals surface area contributed by atoms with Crippen molar-refractivity contribution in [1.29, 1.82) is 0 Å². The van der Waals surface area contributed by atoms with E-state index in [0.29, 0.717) is 13.0 Å². The molecule has 0 aromatic heterocycles. The summed E-state index contributed by atoms with van der Waals surface area (Å²) in [6.45, 7) is 0.763. The maximum absolute atomic E-state index is 12.5. The summed E-state index contributed by atoms with van der Waals surface area (Å²) in [7, 11) is -0.249. The number of rotatable bonds is 5. The number of hydrogen-bond acceptors (Lipinski definition) is 4. The van der Waals surface area contributed by atoms with Crippen LogP contribution >= 0.6 is 0 Å². The van der Waals surface area contributed by atoms with Gasteiger partial charge >= 0.3 is 0 Å². The molecule has 5 nitrogen and oxygen atoms in total. The molecule has 20 heavy (non-hydrogen) atoms. The molecule has 1 saturated heterocycles. The molecule has 0 amide bonds. The molecule has 6 heteroatoms. The van der Waals surface area contributed by atoms with E-state index in [1.54, 1.807) is 14.2 Å². The van der Waals surface area contributed by atoms with Crippen LogP contribution in [0, 0.1) is 0 Å². The first-order valence-corrected chi connectivity index (χ1v) is 8.24. The Morgan fingerprint density at radius 3 is 2.45 bits per heavy atom. The van der Waals surface area contributed by atoms with Gasteiger partial charge in [0.25, 0.3) is 0 Å². The maximum atomic E-state index is 12.5. The second-order valence-electron chi connectivity index (χ2n) is 5.00. The molecule has 0 aliphatic carbocycles. The number of benzene rings is 1. The molecule has 0 N–H and O–H groups in total. The molecule has 1 aliphatic heterocycles. The quantitative estimate of drug-likeness (QED) is 0.775. The molecule has 2 rings (SSSR count). The Morgan fingerprint density at radius 2 is 1.85 bits per heavy atom. The summed E-state index contributed by atoms with van der Waals surface area (Å²) in [5, 5.41) is 0. The Kier molecular flexibility index (Phi) is 4.80. The highest BCUT2D eigenvalue weighted by Crippen LogP contribution is 2.27. The fourth-order valence-electron chi connectivity index (χ4n) is 2.48. The highest BCUT2D eigenvalue weighted by Gasteiger charge is 2.39. The Hall–Kier alpha value is -0.950. The van der Waals surface area contributed by atoms with Gasteiger partial charge in [-0.25, -0.2) is 8.42 Å². The first kappa shape index (κ1) is 15.4. The molecule has 1 aromatic carbocycles. The average Bonchev–Trinajstić information content (AvgIpc) is 2.48. The number of sulfonamides is 1. The van der Waals surface area contributed by atoms with Crippen molar-refractivity contribution in [3.63, 3.8) is 0 Å². The van der Waals surface area contributed by atoms with Gasteiger partial charge in [-0.05, 0) is 12.0 Å². The molecule has 1 aliphatic rings. The van der Waals surface area contributed by atoms with Crippen LogP contribution in [0.3, 0.4) is 0 Å². The normalized spacial score (nSPS) is 19.9. The average molecular weight is 299 g/mol. The van der Waals surface area contributed by atoms with Crippen LogP contribution < -0.4 is 0 Å². The second kappa shape index (κ2) is 6.22. The molecule has 0 unspecified atom stereocenters. The van der Waals surface area contributed by atoms with Crippen molar-refractivity contribution in [3.8, 4) is 0 Å². The summed E-state index contributed by atoms with van der Waals surface area (Å²) in [4.78, 5) is 0. The fraction of sp³-hybridized carbons (Fsp3) is 0.571. The highest BCUT2D eigenvalue weighted by atomic mass is 32.2. The minimum atomic E-state index is -3.35. The van der Waals surface area contributed by atoms with Gasteiger partial charge in [0.2, 0.25) is 10.0 Å². The molecule has 0 saturated carbocycles. The predicted octanol–water partition coefficient (Wildman–Crippen LogP) is 1.60. The molecular weight excluding hydrogens is 278 g/mol. The number of piperidine rings is 1. The van der Waals surface area contributed by atoms with Crippen LogP contribution in [-0.4, -0.2) is 45.8 Å². The SMILES string of the molecule is COC1(OC)CCCN(S(=O)(=O)Cc2ccccc2)C1. The number of hydrogen-bond donors (Lipinski definition) is 0. The molecule has 1 fully saturated rings. The predicted molar refractivity (Wildman–Crippen MR) is 76.6 cm³/mol. The van der Waals surface area contributed by atoms with Gasteiger partial charge in [-0.1, -0.05) is 30.3 Å². The van der Waals surface area contributed by atoms with Crippen LogP contribution in [0.2, 0.25) is 0 Å². The van der Waals surface area contributed by atoms with Crippen molar-refractivity contribution in [1.82, 2.24) is 4.31 Å². The van der Waals surface area contributed by atoms with Gasteiger partial charge in [-0.2, -0.15) is 4.31 Å². The number of ether oxygens (including phenoxy) is 2. The van der Waals surface area contributed by atoms with Crippen LogP contribution in [0.15, 0.2) is 30.3 Å². The van der Waals surface area contributed by atoms with Crippen molar-refractivity contribution < 1.29 is 17.9 Å².